The second kappa shape index (κ2) is 5.02. The van der Waals surface area contributed by atoms with Gasteiger partial charge >= 0.3 is 0 Å². The molecule has 2 aliphatic rings. The standard InChI is InChI=1S/C11H21NO3S/c13-10-5-4-8-12(9-10)16(14,15)11-6-2-1-3-7-11/h10-11,13H,1-9H2. The van der Waals surface area contributed by atoms with Crippen molar-refractivity contribution >= 4 is 10.0 Å². The molecule has 0 aromatic rings. The maximum Gasteiger partial charge on any atom is 0.217 e. The summed E-state index contributed by atoms with van der Waals surface area (Å²) in [5.41, 5.74) is 0. The highest BCUT2D eigenvalue weighted by atomic mass is 32.2. The van der Waals surface area contributed by atoms with Gasteiger partial charge in [0.2, 0.25) is 10.0 Å². The van der Waals surface area contributed by atoms with Gasteiger partial charge in [0.15, 0.2) is 0 Å². The van der Waals surface area contributed by atoms with Crippen molar-refractivity contribution in [2.45, 2.75) is 56.3 Å². The number of hydrogen-bond donors (Lipinski definition) is 1. The average molecular weight is 247 g/mol. The molecule has 94 valence electrons. The van der Waals surface area contributed by atoms with E-state index in [1.54, 1.807) is 0 Å². The summed E-state index contributed by atoms with van der Waals surface area (Å²) in [4.78, 5) is 0. The van der Waals surface area contributed by atoms with Crippen molar-refractivity contribution in [1.82, 2.24) is 4.31 Å². The smallest absolute Gasteiger partial charge is 0.217 e. The predicted molar refractivity (Wildman–Crippen MR) is 62.6 cm³/mol. The zero-order chi connectivity index (χ0) is 11.6. The van der Waals surface area contributed by atoms with E-state index in [-0.39, 0.29) is 5.25 Å². The second-order valence-corrected chi connectivity index (χ2v) is 7.17. The SMILES string of the molecule is O=S(=O)(C1CCCCC1)N1CCCC(O)C1. The van der Waals surface area contributed by atoms with Crippen LogP contribution < -0.4 is 0 Å². The molecule has 4 nitrogen and oxygen atoms in total. The average Bonchev–Trinajstić information content (AvgIpc) is 2.30. The van der Waals surface area contributed by atoms with Gasteiger partial charge in [0.1, 0.15) is 0 Å². The minimum absolute atomic E-state index is 0.188. The fourth-order valence-corrected chi connectivity index (χ4v) is 4.84. The summed E-state index contributed by atoms with van der Waals surface area (Å²) in [5.74, 6) is 0. The third-order valence-corrected chi connectivity index (χ3v) is 6.06. The van der Waals surface area contributed by atoms with Crippen LogP contribution in [0.1, 0.15) is 44.9 Å². The van der Waals surface area contributed by atoms with Gasteiger partial charge in [-0.2, -0.15) is 4.31 Å². The Morgan fingerprint density at radius 3 is 2.31 bits per heavy atom. The van der Waals surface area contributed by atoms with Gasteiger partial charge in [-0.25, -0.2) is 8.42 Å². The Hall–Kier alpha value is -0.130. The van der Waals surface area contributed by atoms with Crippen LogP contribution in [0.3, 0.4) is 0 Å². The predicted octanol–water partition coefficient (Wildman–Crippen LogP) is 1.11. The molecule has 0 spiro atoms. The first-order valence-corrected chi connectivity index (χ1v) is 7.78. The summed E-state index contributed by atoms with van der Waals surface area (Å²) in [7, 11) is -3.14. The zero-order valence-electron chi connectivity index (χ0n) is 9.64. The van der Waals surface area contributed by atoms with Crippen molar-refractivity contribution in [1.29, 1.82) is 0 Å². The van der Waals surface area contributed by atoms with Crippen LogP contribution in [0, 0.1) is 0 Å². The van der Waals surface area contributed by atoms with Crippen LogP contribution in [0.5, 0.6) is 0 Å². The summed E-state index contributed by atoms with van der Waals surface area (Å²) in [6, 6.07) is 0. The molecule has 1 saturated carbocycles. The van der Waals surface area contributed by atoms with E-state index in [1.807, 2.05) is 0 Å². The molecule has 2 rings (SSSR count). The lowest BCUT2D eigenvalue weighted by molar-refractivity contribution is 0.107. The van der Waals surface area contributed by atoms with E-state index < -0.39 is 16.1 Å². The normalized spacial score (nSPS) is 30.4. The van der Waals surface area contributed by atoms with Crippen molar-refractivity contribution in [3.63, 3.8) is 0 Å². The molecule has 16 heavy (non-hydrogen) atoms. The molecule has 1 N–H and O–H groups in total. The van der Waals surface area contributed by atoms with Gasteiger partial charge in [0.25, 0.3) is 0 Å². The number of piperidine rings is 1. The number of aliphatic hydroxyl groups is 1. The summed E-state index contributed by atoms with van der Waals surface area (Å²) in [5, 5.41) is 9.35. The molecule has 5 heteroatoms. The third kappa shape index (κ3) is 2.57. The summed E-state index contributed by atoms with van der Waals surface area (Å²) in [6.07, 6.45) is 5.87. The molecular formula is C11H21NO3S. The Morgan fingerprint density at radius 1 is 1.00 bits per heavy atom. The maximum atomic E-state index is 12.3. The third-order valence-electron chi connectivity index (χ3n) is 3.69. The van der Waals surface area contributed by atoms with Crippen LogP contribution in [-0.2, 0) is 10.0 Å². The number of aliphatic hydroxyl groups excluding tert-OH is 1. The Kier molecular flexibility index (Phi) is 3.87. The van der Waals surface area contributed by atoms with Crippen molar-refractivity contribution in [3.8, 4) is 0 Å². The monoisotopic (exact) mass is 247 g/mol. The Balaban J connectivity index is 2.05. The van der Waals surface area contributed by atoms with Crippen LogP contribution in [0.15, 0.2) is 0 Å². The molecule has 0 aromatic carbocycles. The van der Waals surface area contributed by atoms with E-state index in [2.05, 4.69) is 0 Å². The first-order chi connectivity index (χ1) is 7.60. The highest BCUT2D eigenvalue weighted by Crippen LogP contribution is 2.27. The Morgan fingerprint density at radius 2 is 1.69 bits per heavy atom. The van der Waals surface area contributed by atoms with Crippen LogP contribution in [0.4, 0.5) is 0 Å². The van der Waals surface area contributed by atoms with E-state index in [0.29, 0.717) is 13.1 Å². The number of hydrogen-bond acceptors (Lipinski definition) is 3. The first-order valence-electron chi connectivity index (χ1n) is 6.28. The molecule has 0 aromatic heterocycles. The van der Waals surface area contributed by atoms with E-state index in [0.717, 1.165) is 44.9 Å². The zero-order valence-corrected chi connectivity index (χ0v) is 10.5. The van der Waals surface area contributed by atoms with Crippen LogP contribution in [0.2, 0.25) is 0 Å². The largest absolute Gasteiger partial charge is 0.392 e. The van der Waals surface area contributed by atoms with Crippen molar-refractivity contribution in [3.05, 3.63) is 0 Å². The molecule has 0 amide bonds. The van der Waals surface area contributed by atoms with Gasteiger partial charge in [-0.1, -0.05) is 19.3 Å². The topological polar surface area (TPSA) is 57.6 Å². The molecule has 2 fully saturated rings. The van der Waals surface area contributed by atoms with E-state index in [4.69, 9.17) is 0 Å². The maximum absolute atomic E-state index is 12.3. The second-order valence-electron chi connectivity index (χ2n) is 4.96. The van der Waals surface area contributed by atoms with E-state index in [1.165, 1.54) is 4.31 Å². The van der Waals surface area contributed by atoms with Crippen molar-refractivity contribution in [2.75, 3.05) is 13.1 Å². The number of rotatable bonds is 2. The highest BCUT2D eigenvalue weighted by molar-refractivity contribution is 7.89. The molecule has 1 atom stereocenters. The Bertz CT molecular complexity index is 322. The van der Waals surface area contributed by atoms with Gasteiger partial charge in [-0.3, -0.25) is 0 Å². The van der Waals surface area contributed by atoms with Gasteiger partial charge in [0, 0.05) is 13.1 Å². The van der Waals surface area contributed by atoms with Crippen LogP contribution in [-0.4, -0.2) is 42.3 Å². The lowest BCUT2D eigenvalue weighted by atomic mass is 10.0. The minimum atomic E-state index is -3.14. The van der Waals surface area contributed by atoms with Gasteiger partial charge in [0.05, 0.1) is 11.4 Å². The molecule has 1 aliphatic heterocycles. The number of β-amino-alcohol motifs (C(OH)–C–C–N with tert-alkyl or cyclic N) is 1. The summed E-state index contributed by atoms with van der Waals surface area (Å²) >= 11 is 0. The first kappa shape index (κ1) is 12.3. The fourth-order valence-electron chi connectivity index (χ4n) is 2.73. The molecule has 1 aliphatic carbocycles. The van der Waals surface area contributed by atoms with Crippen molar-refractivity contribution in [2.24, 2.45) is 0 Å². The van der Waals surface area contributed by atoms with Crippen LogP contribution in [0.25, 0.3) is 0 Å². The number of nitrogens with zero attached hydrogens (tertiary/aromatic N) is 1. The fraction of sp³-hybridized carbons (Fsp3) is 1.00. The molecule has 1 saturated heterocycles. The minimum Gasteiger partial charge on any atom is -0.392 e. The van der Waals surface area contributed by atoms with Gasteiger partial charge < -0.3 is 5.11 Å². The summed E-state index contributed by atoms with van der Waals surface area (Å²) in [6.45, 7) is 0.898. The highest BCUT2D eigenvalue weighted by Gasteiger charge is 2.35. The molecule has 1 unspecified atom stereocenters. The van der Waals surface area contributed by atoms with Gasteiger partial charge in [-0.15, -0.1) is 0 Å². The molecule has 1 heterocycles. The lowest BCUT2D eigenvalue weighted by Gasteiger charge is -2.33. The van der Waals surface area contributed by atoms with E-state index in [9.17, 15) is 13.5 Å². The molecular weight excluding hydrogens is 226 g/mol. The lowest BCUT2D eigenvalue weighted by Crippen LogP contribution is -2.46. The molecule has 0 radical (unpaired) electrons. The van der Waals surface area contributed by atoms with Crippen molar-refractivity contribution < 1.29 is 13.5 Å². The molecule has 0 bridgehead atoms. The van der Waals surface area contributed by atoms with Crippen LogP contribution >= 0.6 is 0 Å². The van der Waals surface area contributed by atoms with Gasteiger partial charge in [-0.05, 0) is 25.7 Å². The van der Waals surface area contributed by atoms with E-state index >= 15 is 0 Å². The summed E-state index contributed by atoms with van der Waals surface area (Å²) < 4.78 is 26.1. The number of sulfonamides is 1. The quantitative estimate of drug-likeness (QED) is 0.795. The Labute approximate surface area is 97.7 Å².